The van der Waals surface area contributed by atoms with E-state index in [0.717, 1.165) is 24.8 Å². The summed E-state index contributed by atoms with van der Waals surface area (Å²) in [5, 5.41) is 0. The van der Waals surface area contributed by atoms with Crippen molar-refractivity contribution in [1.29, 1.82) is 0 Å². The average Bonchev–Trinajstić information content (AvgIpc) is 2.85. The number of aromatic amines is 1. The molecule has 1 aliphatic carbocycles. The molecule has 2 aromatic carbocycles. The molecule has 3 N–H and O–H groups in total. The lowest BCUT2D eigenvalue weighted by atomic mass is 9.87. The van der Waals surface area contributed by atoms with Crippen LogP contribution in [0, 0.1) is 5.92 Å². The molecule has 0 saturated carbocycles. The van der Waals surface area contributed by atoms with Crippen molar-refractivity contribution >= 4 is 17.4 Å². The molecule has 1 atom stereocenters. The number of aromatic nitrogens is 2. The molecular formula is C28H35N5O3. The van der Waals surface area contributed by atoms with Crippen molar-refractivity contribution in [3.05, 3.63) is 92.1 Å². The fraction of sp³-hybridized carbons (Fsp3) is 0.393. The number of carbonyl (C=O) groups is 1. The largest absolute Gasteiger partial charge is 0.383 e. The van der Waals surface area contributed by atoms with Gasteiger partial charge in [0.05, 0.1) is 13.1 Å². The van der Waals surface area contributed by atoms with Gasteiger partial charge in [-0.2, -0.15) is 0 Å². The predicted octanol–water partition coefficient (Wildman–Crippen LogP) is 3.17. The van der Waals surface area contributed by atoms with E-state index in [2.05, 4.69) is 28.1 Å². The zero-order valence-electron chi connectivity index (χ0n) is 21.2. The molecule has 8 nitrogen and oxygen atoms in total. The molecule has 1 amide bonds. The molecule has 1 aromatic heterocycles. The quantitative estimate of drug-likeness (QED) is 0.506. The standard InChI is InChI=1S/C28H35N5O3/c1-19(2)16-32(24(34)18-31(3)23-15-9-13-21-12-7-8-14-22(21)23)25-26(29)33(28(36)30-27(25)35)17-20-10-5-4-6-11-20/h4-8,10-12,14,19,23H,9,13,15-18,29H2,1-3H3,(H,30,35,36). The number of likely N-dealkylation sites (N-methyl/N-ethyl adjacent to an activating group) is 1. The molecular weight excluding hydrogens is 454 g/mol. The molecule has 3 aromatic rings. The van der Waals surface area contributed by atoms with Crippen LogP contribution in [0.15, 0.2) is 64.2 Å². The Bertz CT molecular complexity index is 1330. The van der Waals surface area contributed by atoms with E-state index in [0.29, 0.717) is 6.54 Å². The third-order valence-corrected chi connectivity index (χ3v) is 6.77. The Morgan fingerprint density at radius 3 is 2.53 bits per heavy atom. The average molecular weight is 490 g/mol. The summed E-state index contributed by atoms with van der Waals surface area (Å²) < 4.78 is 1.31. The second kappa shape index (κ2) is 11.0. The molecule has 1 unspecified atom stereocenters. The zero-order chi connectivity index (χ0) is 25.8. The van der Waals surface area contributed by atoms with E-state index in [1.54, 1.807) is 0 Å². The van der Waals surface area contributed by atoms with Gasteiger partial charge < -0.3 is 10.6 Å². The first-order chi connectivity index (χ1) is 17.3. The number of rotatable bonds is 8. The SMILES string of the molecule is CC(C)CN(C(=O)CN(C)C1CCCc2ccccc21)c1c(N)n(Cc2ccccc2)c(=O)[nH]c1=O. The van der Waals surface area contributed by atoms with Crippen LogP contribution in [0.25, 0.3) is 0 Å². The van der Waals surface area contributed by atoms with E-state index in [1.165, 1.54) is 20.6 Å². The molecule has 0 spiro atoms. The number of carbonyl (C=O) groups excluding carboxylic acids is 1. The molecule has 0 bridgehead atoms. The van der Waals surface area contributed by atoms with E-state index in [1.807, 2.05) is 57.3 Å². The number of hydrogen-bond donors (Lipinski definition) is 2. The van der Waals surface area contributed by atoms with Crippen molar-refractivity contribution in [1.82, 2.24) is 14.5 Å². The predicted molar refractivity (Wildman–Crippen MR) is 143 cm³/mol. The number of nitrogens with one attached hydrogen (secondary N) is 1. The van der Waals surface area contributed by atoms with Crippen molar-refractivity contribution in [3.8, 4) is 0 Å². The summed E-state index contributed by atoms with van der Waals surface area (Å²) in [6, 6.07) is 17.9. The number of hydrogen-bond acceptors (Lipinski definition) is 5. The minimum atomic E-state index is -0.651. The van der Waals surface area contributed by atoms with Crippen LogP contribution in [0.4, 0.5) is 11.5 Å². The number of aryl methyl sites for hydroxylation is 1. The van der Waals surface area contributed by atoms with Gasteiger partial charge in [0.25, 0.3) is 5.56 Å². The van der Waals surface area contributed by atoms with Crippen molar-refractivity contribution in [2.24, 2.45) is 5.92 Å². The molecule has 36 heavy (non-hydrogen) atoms. The highest BCUT2D eigenvalue weighted by Crippen LogP contribution is 2.33. The minimum Gasteiger partial charge on any atom is -0.383 e. The van der Waals surface area contributed by atoms with Gasteiger partial charge in [-0.05, 0) is 48.9 Å². The first-order valence-corrected chi connectivity index (χ1v) is 12.5. The minimum absolute atomic E-state index is 0.00716. The van der Waals surface area contributed by atoms with E-state index in [-0.39, 0.29) is 42.5 Å². The molecule has 190 valence electrons. The van der Waals surface area contributed by atoms with Gasteiger partial charge in [0.2, 0.25) is 5.91 Å². The van der Waals surface area contributed by atoms with Crippen LogP contribution >= 0.6 is 0 Å². The van der Waals surface area contributed by atoms with Gasteiger partial charge in [-0.3, -0.25) is 24.0 Å². The summed E-state index contributed by atoms with van der Waals surface area (Å²) in [5.41, 5.74) is 8.63. The molecule has 0 aliphatic heterocycles. The third-order valence-electron chi connectivity index (χ3n) is 6.77. The number of anilines is 2. The molecule has 1 heterocycles. The Hall–Kier alpha value is -3.65. The lowest BCUT2D eigenvalue weighted by molar-refractivity contribution is -0.120. The van der Waals surface area contributed by atoms with Crippen LogP contribution in [-0.4, -0.2) is 40.5 Å². The molecule has 0 radical (unpaired) electrons. The number of nitrogens with zero attached hydrogens (tertiary/aromatic N) is 3. The first-order valence-electron chi connectivity index (χ1n) is 12.5. The second-order valence-corrected chi connectivity index (χ2v) is 9.99. The fourth-order valence-corrected chi connectivity index (χ4v) is 5.04. The summed E-state index contributed by atoms with van der Waals surface area (Å²) >= 11 is 0. The van der Waals surface area contributed by atoms with Crippen LogP contribution in [0.1, 0.15) is 49.4 Å². The monoisotopic (exact) mass is 489 g/mol. The van der Waals surface area contributed by atoms with Crippen LogP contribution in [-0.2, 0) is 17.8 Å². The van der Waals surface area contributed by atoms with E-state index >= 15 is 0 Å². The number of nitrogens with two attached hydrogens (primary N) is 1. The highest BCUT2D eigenvalue weighted by atomic mass is 16.2. The van der Waals surface area contributed by atoms with Gasteiger partial charge in [-0.25, -0.2) is 4.79 Å². The number of fused-ring (bicyclic) bond motifs is 1. The maximum atomic E-state index is 13.7. The maximum Gasteiger partial charge on any atom is 0.330 e. The number of amides is 1. The summed E-state index contributed by atoms with van der Waals surface area (Å²) in [7, 11) is 1.95. The molecule has 4 rings (SSSR count). The highest BCUT2D eigenvalue weighted by Gasteiger charge is 2.29. The Labute approximate surface area is 211 Å². The Balaban J connectivity index is 1.66. The summed E-state index contributed by atoms with van der Waals surface area (Å²) in [6.07, 6.45) is 3.07. The van der Waals surface area contributed by atoms with Crippen molar-refractivity contribution in [2.75, 3.05) is 30.8 Å². The van der Waals surface area contributed by atoms with Crippen molar-refractivity contribution in [2.45, 2.75) is 45.7 Å². The summed E-state index contributed by atoms with van der Waals surface area (Å²) in [4.78, 5) is 45.2. The van der Waals surface area contributed by atoms with E-state index < -0.39 is 11.2 Å². The number of benzene rings is 2. The normalized spacial score (nSPS) is 15.2. The number of nitrogen functional groups attached to an aromatic ring is 1. The van der Waals surface area contributed by atoms with Gasteiger partial charge in [0.15, 0.2) is 5.69 Å². The zero-order valence-corrected chi connectivity index (χ0v) is 21.2. The Kier molecular flexibility index (Phi) is 7.74. The second-order valence-electron chi connectivity index (χ2n) is 9.99. The summed E-state index contributed by atoms with van der Waals surface area (Å²) in [5.74, 6) is -0.147. The van der Waals surface area contributed by atoms with Crippen LogP contribution in [0.5, 0.6) is 0 Å². The first kappa shape index (κ1) is 25.4. The molecule has 0 fully saturated rings. The molecule has 0 saturated heterocycles. The van der Waals surface area contributed by atoms with Crippen LogP contribution in [0.2, 0.25) is 0 Å². The third kappa shape index (κ3) is 5.44. The lowest BCUT2D eigenvalue weighted by Gasteiger charge is -2.34. The van der Waals surface area contributed by atoms with E-state index in [4.69, 9.17) is 5.73 Å². The molecule has 1 aliphatic rings. The van der Waals surface area contributed by atoms with Crippen LogP contribution in [0.3, 0.4) is 0 Å². The van der Waals surface area contributed by atoms with Crippen molar-refractivity contribution in [3.63, 3.8) is 0 Å². The van der Waals surface area contributed by atoms with Gasteiger partial charge >= 0.3 is 5.69 Å². The number of H-pyrrole nitrogens is 1. The Morgan fingerprint density at radius 1 is 1.11 bits per heavy atom. The lowest BCUT2D eigenvalue weighted by Crippen LogP contribution is -2.46. The van der Waals surface area contributed by atoms with Gasteiger partial charge in [-0.15, -0.1) is 0 Å². The molecule has 8 heteroatoms. The van der Waals surface area contributed by atoms with E-state index in [9.17, 15) is 14.4 Å². The maximum absolute atomic E-state index is 13.7. The Morgan fingerprint density at radius 2 is 1.81 bits per heavy atom. The van der Waals surface area contributed by atoms with Crippen LogP contribution < -0.4 is 21.9 Å². The van der Waals surface area contributed by atoms with Gasteiger partial charge in [-0.1, -0.05) is 68.4 Å². The summed E-state index contributed by atoms with van der Waals surface area (Å²) in [6.45, 7) is 4.59. The highest BCUT2D eigenvalue weighted by molar-refractivity contribution is 5.96. The van der Waals surface area contributed by atoms with Crippen molar-refractivity contribution < 1.29 is 4.79 Å². The van der Waals surface area contributed by atoms with Gasteiger partial charge in [0, 0.05) is 12.6 Å². The fourth-order valence-electron chi connectivity index (χ4n) is 5.04. The van der Waals surface area contributed by atoms with Gasteiger partial charge in [0.1, 0.15) is 5.82 Å². The smallest absolute Gasteiger partial charge is 0.330 e. The topological polar surface area (TPSA) is 104 Å².